The van der Waals surface area contributed by atoms with Crippen LogP contribution in [0.25, 0.3) is 10.9 Å². The summed E-state index contributed by atoms with van der Waals surface area (Å²) in [6, 6.07) is 3.93. The first kappa shape index (κ1) is 11.3. The standard InChI is InChI=1S/C14H12N2O4/c17-13-8-3-12-11(16-2-1-7(16)6-20-12)4-10(8)15-5-9(13)14(18)19/h3-5,7H,1-2,6H2,(H,15,17)(H,18,19). The van der Waals surface area contributed by atoms with Gasteiger partial charge in [-0.3, -0.25) is 4.79 Å². The van der Waals surface area contributed by atoms with Crippen LogP contribution in [-0.2, 0) is 0 Å². The smallest absolute Gasteiger partial charge is 0.341 e. The normalized spacial score (nSPS) is 19.8. The lowest BCUT2D eigenvalue weighted by atomic mass is 9.99. The SMILES string of the molecule is O=C(O)c1c[nH]c2cc3c(cc2c1=O)OCC1CCN31. The summed E-state index contributed by atoms with van der Waals surface area (Å²) >= 11 is 0. The number of H-pyrrole nitrogens is 1. The van der Waals surface area contributed by atoms with Crippen molar-refractivity contribution >= 4 is 22.6 Å². The lowest BCUT2D eigenvalue weighted by Gasteiger charge is -2.46. The first-order valence-corrected chi connectivity index (χ1v) is 6.47. The Morgan fingerprint density at radius 1 is 1.45 bits per heavy atom. The molecule has 6 nitrogen and oxygen atoms in total. The molecule has 2 aliphatic heterocycles. The van der Waals surface area contributed by atoms with Gasteiger partial charge in [0.05, 0.1) is 22.6 Å². The first-order valence-electron chi connectivity index (χ1n) is 6.47. The number of ether oxygens (including phenoxy) is 1. The highest BCUT2D eigenvalue weighted by molar-refractivity contribution is 5.94. The molecule has 0 radical (unpaired) electrons. The number of nitrogens with one attached hydrogen (secondary N) is 1. The van der Waals surface area contributed by atoms with E-state index < -0.39 is 11.4 Å². The Morgan fingerprint density at radius 3 is 3.00 bits per heavy atom. The van der Waals surface area contributed by atoms with Crippen molar-refractivity contribution in [2.75, 3.05) is 18.1 Å². The van der Waals surface area contributed by atoms with Gasteiger partial charge in [0, 0.05) is 12.7 Å². The molecule has 1 fully saturated rings. The maximum atomic E-state index is 12.1. The van der Waals surface area contributed by atoms with Crippen LogP contribution < -0.4 is 15.1 Å². The van der Waals surface area contributed by atoms with Gasteiger partial charge in [-0.15, -0.1) is 0 Å². The van der Waals surface area contributed by atoms with E-state index in [9.17, 15) is 9.59 Å². The van der Waals surface area contributed by atoms with Crippen LogP contribution in [0.3, 0.4) is 0 Å². The molecule has 1 saturated heterocycles. The Kier molecular flexibility index (Phi) is 2.13. The summed E-state index contributed by atoms with van der Waals surface area (Å²) in [4.78, 5) is 28.3. The van der Waals surface area contributed by atoms with E-state index in [1.54, 1.807) is 6.07 Å². The molecule has 0 aliphatic carbocycles. The summed E-state index contributed by atoms with van der Waals surface area (Å²) in [6.07, 6.45) is 2.36. The van der Waals surface area contributed by atoms with Crippen LogP contribution >= 0.6 is 0 Å². The van der Waals surface area contributed by atoms with Crippen LogP contribution in [0, 0.1) is 0 Å². The van der Waals surface area contributed by atoms with Gasteiger partial charge in [-0.25, -0.2) is 4.79 Å². The van der Waals surface area contributed by atoms with Crippen molar-refractivity contribution in [1.29, 1.82) is 0 Å². The molecule has 1 unspecified atom stereocenters. The van der Waals surface area contributed by atoms with Gasteiger partial charge in [-0.05, 0) is 18.6 Å². The maximum Gasteiger partial charge on any atom is 0.341 e. The minimum Gasteiger partial charge on any atom is -0.489 e. The monoisotopic (exact) mass is 272 g/mol. The summed E-state index contributed by atoms with van der Waals surface area (Å²) in [5.41, 5.74) is 0.868. The topological polar surface area (TPSA) is 82.6 Å². The molecule has 2 aromatic rings. The molecule has 1 aromatic carbocycles. The van der Waals surface area contributed by atoms with Crippen molar-refractivity contribution in [2.45, 2.75) is 12.5 Å². The number of carbonyl (C=O) groups is 1. The van der Waals surface area contributed by atoms with Gasteiger partial charge in [0.2, 0.25) is 5.43 Å². The maximum absolute atomic E-state index is 12.1. The quantitative estimate of drug-likeness (QED) is 0.815. The van der Waals surface area contributed by atoms with Gasteiger partial charge >= 0.3 is 5.97 Å². The second kappa shape index (κ2) is 3.75. The third-order valence-corrected chi connectivity index (χ3v) is 4.08. The van der Waals surface area contributed by atoms with Crippen molar-refractivity contribution in [3.05, 3.63) is 34.1 Å². The number of aromatic nitrogens is 1. The lowest BCUT2D eigenvalue weighted by molar-refractivity contribution is 0.0695. The highest BCUT2D eigenvalue weighted by Crippen LogP contribution is 2.40. The van der Waals surface area contributed by atoms with Crippen LogP contribution in [-0.4, -0.2) is 35.3 Å². The fourth-order valence-corrected chi connectivity index (χ4v) is 2.85. The number of aromatic amines is 1. The number of rotatable bonds is 1. The zero-order valence-corrected chi connectivity index (χ0v) is 10.5. The molecular formula is C14H12N2O4. The summed E-state index contributed by atoms with van der Waals surface area (Å²) in [5, 5.41) is 9.34. The Bertz CT molecular complexity index is 796. The number of anilines is 1. The predicted molar refractivity (Wildman–Crippen MR) is 72.8 cm³/mol. The van der Waals surface area contributed by atoms with Crippen LogP contribution in [0.15, 0.2) is 23.1 Å². The number of hydrogen-bond donors (Lipinski definition) is 2. The second-order valence-electron chi connectivity index (χ2n) is 5.15. The third-order valence-electron chi connectivity index (χ3n) is 4.08. The van der Waals surface area contributed by atoms with Crippen LogP contribution in [0.5, 0.6) is 5.75 Å². The van der Waals surface area contributed by atoms with Gasteiger partial charge in [-0.1, -0.05) is 0 Å². The first-order chi connectivity index (χ1) is 9.65. The summed E-state index contributed by atoms with van der Waals surface area (Å²) in [5.74, 6) is -0.573. The van der Waals surface area contributed by atoms with E-state index in [0.717, 1.165) is 18.7 Å². The van der Waals surface area contributed by atoms with E-state index in [0.29, 0.717) is 29.3 Å². The Hall–Kier alpha value is -2.50. The summed E-state index contributed by atoms with van der Waals surface area (Å²) < 4.78 is 5.68. The molecule has 1 aromatic heterocycles. The van der Waals surface area contributed by atoms with E-state index in [4.69, 9.17) is 9.84 Å². The van der Waals surface area contributed by atoms with Gasteiger partial charge in [0.25, 0.3) is 0 Å². The minimum absolute atomic E-state index is 0.255. The molecule has 102 valence electrons. The number of fused-ring (bicyclic) bond motifs is 4. The molecule has 0 amide bonds. The predicted octanol–water partition coefficient (Wildman–Crippen LogP) is 1.20. The molecule has 20 heavy (non-hydrogen) atoms. The molecule has 1 atom stereocenters. The van der Waals surface area contributed by atoms with Gasteiger partial charge in [-0.2, -0.15) is 0 Å². The average Bonchev–Trinajstić information content (AvgIpc) is 2.37. The molecule has 6 heteroatoms. The van der Waals surface area contributed by atoms with E-state index >= 15 is 0 Å². The fraction of sp³-hybridized carbons (Fsp3) is 0.286. The number of carboxylic acids is 1. The van der Waals surface area contributed by atoms with E-state index in [2.05, 4.69) is 9.88 Å². The zero-order valence-electron chi connectivity index (χ0n) is 10.5. The molecule has 2 aliphatic rings. The van der Waals surface area contributed by atoms with Crippen LogP contribution in [0.2, 0.25) is 0 Å². The average molecular weight is 272 g/mol. The van der Waals surface area contributed by atoms with Crippen molar-refractivity contribution in [3.8, 4) is 5.75 Å². The number of hydrogen-bond acceptors (Lipinski definition) is 4. The van der Waals surface area contributed by atoms with Crippen LogP contribution in [0.4, 0.5) is 5.69 Å². The molecule has 3 heterocycles. The van der Waals surface area contributed by atoms with Crippen molar-refractivity contribution in [1.82, 2.24) is 4.98 Å². The highest BCUT2D eigenvalue weighted by atomic mass is 16.5. The second-order valence-corrected chi connectivity index (χ2v) is 5.15. The number of nitrogens with zero attached hydrogens (tertiary/aromatic N) is 1. The Labute approximate surface area is 113 Å². The largest absolute Gasteiger partial charge is 0.489 e. The number of aromatic carboxylic acids is 1. The molecule has 0 spiro atoms. The van der Waals surface area contributed by atoms with E-state index in [-0.39, 0.29) is 5.56 Å². The lowest BCUT2D eigenvalue weighted by Crippen LogP contribution is -2.53. The van der Waals surface area contributed by atoms with Gasteiger partial charge in [0.15, 0.2) is 0 Å². The Balaban J connectivity index is 1.97. The molecule has 2 N–H and O–H groups in total. The van der Waals surface area contributed by atoms with Crippen molar-refractivity contribution < 1.29 is 14.6 Å². The molecular weight excluding hydrogens is 260 g/mol. The number of carboxylic acid groups (broad SMARTS) is 1. The summed E-state index contributed by atoms with van der Waals surface area (Å²) in [6.45, 7) is 1.61. The number of benzene rings is 1. The van der Waals surface area contributed by atoms with Crippen LogP contribution in [0.1, 0.15) is 16.8 Å². The molecule has 0 bridgehead atoms. The summed E-state index contributed by atoms with van der Waals surface area (Å²) in [7, 11) is 0. The Morgan fingerprint density at radius 2 is 2.30 bits per heavy atom. The fourth-order valence-electron chi connectivity index (χ4n) is 2.85. The van der Waals surface area contributed by atoms with Gasteiger partial charge in [0.1, 0.15) is 17.9 Å². The van der Waals surface area contributed by atoms with Gasteiger partial charge < -0.3 is 19.7 Å². The highest BCUT2D eigenvalue weighted by Gasteiger charge is 2.34. The van der Waals surface area contributed by atoms with E-state index in [1.165, 1.54) is 6.20 Å². The number of pyridine rings is 1. The molecule has 0 saturated carbocycles. The minimum atomic E-state index is -1.23. The third kappa shape index (κ3) is 1.39. The zero-order chi connectivity index (χ0) is 13.9. The molecule has 4 rings (SSSR count). The van der Waals surface area contributed by atoms with Crippen molar-refractivity contribution in [3.63, 3.8) is 0 Å². The van der Waals surface area contributed by atoms with Crippen molar-refractivity contribution in [2.24, 2.45) is 0 Å². The van der Waals surface area contributed by atoms with E-state index in [1.807, 2.05) is 6.07 Å².